The smallest absolute Gasteiger partial charge is 0.532 e. The molecule has 0 amide bonds. The second-order valence-corrected chi connectivity index (χ2v) is 12.6. The van der Waals surface area contributed by atoms with Gasteiger partial charge in [-0.1, -0.05) is 51.1 Å². The van der Waals surface area contributed by atoms with E-state index in [-0.39, 0.29) is 24.1 Å². The number of fused-ring (bicyclic) bond motifs is 3. The first kappa shape index (κ1) is 20.8. The summed E-state index contributed by atoms with van der Waals surface area (Å²) in [5.74, 6) is 3.85. The lowest BCUT2D eigenvalue weighted by molar-refractivity contribution is -0.00596. The van der Waals surface area contributed by atoms with Crippen molar-refractivity contribution in [1.29, 1.82) is 0 Å². The fourth-order valence-electron chi connectivity index (χ4n) is 7.69. The highest BCUT2D eigenvalue weighted by Gasteiger charge is 2.53. The Kier molecular flexibility index (Phi) is 4.64. The molecule has 2 aromatic carbocycles. The van der Waals surface area contributed by atoms with Crippen molar-refractivity contribution in [3.05, 3.63) is 47.5 Å². The Morgan fingerprint density at radius 1 is 0.938 bits per heavy atom. The third kappa shape index (κ3) is 3.26. The highest BCUT2D eigenvalue weighted by molar-refractivity contribution is 6.64. The van der Waals surface area contributed by atoms with Gasteiger partial charge in [0.05, 0.1) is 0 Å². The quantitative estimate of drug-likeness (QED) is 0.511. The first-order valence-electron chi connectivity index (χ1n) is 12.8. The summed E-state index contributed by atoms with van der Waals surface area (Å²) in [6.45, 7) is 11.2. The predicted octanol–water partition coefficient (Wildman–Crippen LogP) is 6.63. The van der Waals surface area contributed by atoms with Crippen molar-refractivity contribution in [3.8, 4) is 16.9 Å². The van der Waals surface area contributed by atoms with Gasteiger partial charge in [-0.3, -0.25) is 0 Å². The molecule has 2 aromatic rings. The average molecular weight is 428 g/mol. The van der Waals surface area contributed by atoms with Crippen LogP contribution in [0, 0.1) is 17.8 Å². The van der Waals surface area contributed by atoms with Gasteiger partial charge in [0, 0.05) is 17.1 Å². The zero-order valence-electron chi connectivity index (χ0n) is 20.4. The van der Waals surface area contributed by atoms with E-state index in [4.69, 9.17) is 9.31 Å². The molecule has 7 rings (SSSR count). The molecule has 168 valence electrons. The van der Waals surface area contributed by atoms with Crippen molar-refractivity contribution >= 4 is 12.6 Å². The topological polar surface area (TPSA) is 18.5 Å². The van der Waals surface area contributed by atoms with E-state index in [1.165, 1.54) is 60.8 Å². The molecule has 1 heterocycles. The van der Waals surface area contributed by atoms with Gasteiger partial charge in [0.1, 0.15) is 5.75 Å². The van der Waals surface area contributed by atoms with Gasteiger partial charge in [-0.05, 0) is 104 Å². The van der Waals surface area contributed by atoms with Gasteiger partial charge in [0.25, 0.3) is 0 Å². The first-order valence-corrected chi connectivity index (χ1v) is 12.8. The van der Waals surface area contributed by atoms with E-state index >= 15 is 0 Å². The summed E-state index contributed by atoms with van der Waals surface area (Å²) in [6.07, 6.45) is 8.54. The summed E-state index contributed by atoms with van der Waals surface area (Å²) in [4.78, 5) is 0. The van der Waals surface area contributed by atoms with Crippen LogP contribution >= 0.6 is 0 Å². The van der Waals surface area contributed by atoms with E-state index in [0.717, 1.165) is 29.0 Å². The lowest BCUT2D eigenvalue weighted by Gasteiger charge is -2.57. The van der Waals surface area contributed by atoms with Crippen LogP contribution in [0.5, 0.6) is 5.75 Å². The third-order valence-electron chi connectivity index (χ3n) is 8.69. The zero-order chi connectivity index (χ0) is 22.3. The fraction of sp³-hybridized carbons (Fsp3) is 0.586. The molecule has 3 heteroatoms. The lowest BCUT2D eigenvalue weighted by Crippen LogP contribution is -2.50. The largest absolute Gasteiger partial charge is 0.563 e. The van der Waals surface area contributed by atoms with Crippen molar-refractivity contribution in [2.75, 3.05) is 0 Å². The van der Waals surface area contributed by atoms with Crippen LogP contribution in [-0.4, -0.2) is 13.2 Å². The molecule has 2 nitrogen and oxygen atoms in total. The van der Waals surface area contributed by atoms with Crippen molar-refractivity contribution < 1.29 is 9.31 Å². The van der Waals surface area contributed by atoms with Crippen LogP contribution in [0.2, 0.25) is 0 Å². The van der Waals surface area contributed by atoms with Crippen molar-refractivity contribution in [2.24, 2.45) is 17.8 Å². The molecule has 0 atom stereocenters. The number of benzene rings is 2. The van der Waals surface area contributed by atoms with Gasteiger partial charge in [-0.2, -0.15) is 0 Å². The lowest BCUT2D eigenvalue weighted by atomic mass is 9.47. The summed E-state index contributed by atoms with van der Waals surface area (Å²) in [7, 11) is -0.327. The highest BCUT2D eigenvalue weighted by Crippen LogP contribution is 2.63. The van der Waals surface area contributed by atoms with Gasteiger partial charge >= 0.3 is 7.12 Å². The van der Waals surface area contributed by atoms with Crippen LogP contribution in [0.4, 0.5) is 0 Å². The van der Waals surface area contributed by atoms with Crippen LogP contribution < -0.4 is 10.1 Å². The van der Waals surface area contributed by atoms with Crippen LogP contribution in [-0.2, 0) is 15.5 Å². The third-order valence-corrected chi connectivity index (χ3v) is 8.69. The molecule has 4 saturated carbocycles. The number of hydrogen-bond acceptors (Lipinski definition) is 2. The molecule has 0 spiro atoms. The summed E-state index contributed by atoms with van der Waals surface area (Å²) in [5.41, 5.74) is 7.05. The Balaban J connectivity index is 1.57. The molecule has 4 bridgehead atoms. The molecule has 0 aromatic heterocycles. The Morgan fingerprint density at radius 2 is 1.56 bits per heavy atom. The highest BCUT2D eigenvalue weighted by atomic mass is 16.6. The van der Waals surface area contributed by atoms with Gasteiger partial charge in [0.2, 0.25) is 0 Å². The van der Waals surface area contributed by atoms with Crippen molar-refractivity contribution in [2.45, 2.75) is 90.1 Å². The minimum Gasteiger partial charge on any atom is -0.532 e. The normalized spacial score (nSPS) is 30.3. The SMILES string of the molecule is CC(C)OB1Oc2c(cc(C(C)(C)C)cc2C23CC4CC(CC(C4)C2)C3)-c2ccccc21. The molecule has 5 aliphatic rings. The monoisotopic (exact) mass is 428 g/mol. The molecule has 32 heavy (non-hydrogen) atoms. The maximum Gasteiger partial charge on any atom is 0.563 e. The van der Waals surface area contributed by atoms with E-state index in [0.29, 0.717) is 0 Å². The average Bonchev–Trinajstić information content (AvgIpc) is 2.71. The molecular weight excluding hydrogens is 391 g/mol. The minimum atomic E-state index is -0.327. The van der Waals surface area contributed by atoms with Crippen molar-refractivity contribution in [3.63, 3.8) is 0 Å². The Labute approximate surface area is 194 Å². The molecular formula is C29H37BO2. The minimum absolute atomic E-state index is 0.103. The standard InChI is InChI=1S/C29H37BO2/c1-18(2)31-30-26-9-7-6-8-23(26)24-13-22(28(3,4)5)14-25(27(24)32-30)29-15-19-10-20(16-29)12-21(11-19)17-29/h6-9,13-14,18-21H,10-12,15-17H2,1-5H3. The summed E-state index contributed by atoms with van der Waals surface area (Å²) in [5, 5.41) is 0. The zero-order valence-corrected chi connectivity index (χ0v) is 20.4. The number of hydrogen-bond donors (Lipinski definition) is 0. The summed E-state index contributed by atoms with van der Waals surface area (Å²) >= 11 is 0. The summed E-state index contributed by atoms with van der Waals surface area (Å²) in [6, 6.07) is 13.7. The first-order chi connectivity index (χ1) is 15.2. The molecule has 0 radical (unpaired) electrons. The van der Waals surface area contributed by atoms with Gasteiger partial charge < -0.3 is 9.31 Å². The maximum atomic E-state index is 6.84. The van der Waals surface area contributed by atoms with E-state index in [1.807, 2.05) is 0 Å². The van der Waals surface area contributed by atoms with Gasteiger partial charge in [-0.15, -0.1) is 0 Å². The summed E-state index contributed by atoms with van der Waals surface area (Å²) < 4.78 is 13.2. The van der Waals surface area contributed by atoms with Crippen LogP contribution in [0.3, 0.4) is 0 Å². The fourth-order valence-corrected chi connectivity index (χ4v) is 7.69. The Morgan fingerprint density at radius 3 is 2.16 bits per heavy atom. The van der Waals surface area contributed by atoms with E-state index in [9.17, 15) is 0 Å². The molecule has 0 saturated heterocycles. The molecule has 4 fully saturated rings. The van der Waals surface area contributed by atoms with E-state index < -0.39 is 0 Å². The second-order valence-electron chi connectivity index (χ2n) is 12.6. The predicted molar refractivity (Wildman–Crippen MR) is 133 cm³/mol. The van der Waals surface area contributed by atoms with Gasteiger partial charge in [0.15, 0.2) is 0 Å². The second kappa shape index (κ2) is 7.13. The maximum absolute atomic E-state index is 6.84. The van der Waals surface area contributed by atoms with Crippen LogP contribution in [0.1, 0.15) is 84.3 Å². The Hall–Kier alpha value is -1.74. The van der Waals surface area contributed by atoms with Crippen LogP contribution in [0.15, 0.2) is 36.4 Å². The van der Waals surface area contributed by atoms with Crippen LogP contribution in [0.25, 0.3) is 11.1 Å². The molecule has 0 unspecified atom stereocenters. The van der Waals surface area contributed by atoms with Gasteiger partial charge in [-0.25, -0.2) is 0 Å². The van der Waals surface area contributed by atoms with Crippen molar-refractivity contribution in [1.82, 2.24) is 0 Å². The molecule has 4 aliphatic carbocycles. The molecule has 0 N–H and O–H groups in total. The van der Waals surface area contributed by atoms with E-state index in [2.05, 4.69) is 71.0 Å². The number of rotatable bonds is 3. The molecule has 1 aliphatic heterocycles. The Bertz CT molecular complexity index is 1010. The van der Waals surface area contributed by atoms with E-state index in [1.54, 1.807) is 0 Å².